The highest BCUT2D eigenvalue weighted by Crippen LogP contribution is 2.30. The number of nitrogens with two attached hydrogens (primary N) is 1. The van der Waals surface area contributed by atoms with Crippen LogP contribution < -0.4 is 5.73 Å². The van der Waals surface area contributed by atoms with E-state index in [0.29, 0.717) is 5.84 Å². The summed E-state index contributed by atoms with van der Waals surface area (Å²) in [7, 11) is 3.80. The van der Waals surface area contributed by atoms with Gasteiger partial charge < -0.3 is 10.6 Å². The Kier molecular flexibility index (Phi) is 11.0. The maximum Gasteiger partial charge on any atom is 0.132 e. The minimum atomic E-state index is 0.487. The maximum atomic E-state index is 5.90. The second-order valence-corrected chi connectivity index (χ2v) is 7.48. The molecule has 1 aromatic carbocycles. The molecule has 1 aliphatic heterocycles. The lowest BCUT2D eigenvalue weighted by Crippen LogP contribution is -2.24. The Labute approximate surface area is 171 Å². The molecule has 27 heavy (non-hydrogen) atoms. The molecule has 2 aromatic rings. The van der Waals surface area contributed by atoms with E-state index in [9.17, 15) is 0 Å². The minimum absolute atomic E-state index is 0.487. The van der Waals surface area contributed by atoms with Crippen LogP contribution in [0.1, 0.15) is 16.0 Å². The van der Waals surface area contributed by atoms with Crippen LogP contribution in [0.2, 0.25) is 4.34 Å². The highest BCUT2D eigenvalue weighted by atomic mass is 35.5. The molecule has 0 fully saturated rings. The number of halogens is 1. The van der Waals surface area contributed by atoms with Crippen LogP contribution in [-0.2, 0) is 13.0 Å². The quantitative estimate of drug-likeness (QED) is 0.455. The van der Waals surface area contributed by atoms with Gasteiger partial charge in [0.05, 0.1) is 4.34 Å². The summed E-state index contributed by atoms with van der Waals surface area (Å²) >= 11 is 7.62. The molecule has 6 heteroatoms. The smallest absolute Gasteiger partial charge is 0.132 e. The highest BCUT2D eigenvalue weighted by Gasteiger charge is 2.15. The zero-order valence-corrected chi connectivity index (χ0v) is 17.5. The van der Waals surface area contributed by atoms with Gasteiger partial charge in [-0.3, -0.25) is 4.99 Å². The van der Waals surface area contributed by atoms with E-state index in [0.717, 1.165) is 22.9 Å². The molecule has 0 aliphatic carbocycles. The van der Waals surface area contributed by atoms with Gasteiger partial charge >= 0.3 is 0 Å². The number of fused-ring (bicyclic) bond motifs is 1. The number of likely N-dealkylation sites (N-methyl/N-ethyl adjacent to an activating group) is 1. The molecular weight excluding hydrogens is 376 g/mol. The summed E-state index contributed by atoms with van der Waals surface area (Å²) in [5.41, 5.74) is 8.01. The van der Waals surface area contributed by atoms with E-state index in [2.05, 4.69) is 41.2 Å². The van der Waals surface area contributed by atoms with Gasteiger partial charge in [0.25, 0.3) is 0 Å². The number of hydrogen-bond acceptors (Lipinski definition) is 3. The zero-order chi connectivity index (χ0) is 20.1. The number of hydrogen-bond donors (Lipinski definition) is 1. The molecular formula is C21H27ClN4S. The van der Waals surface area contributed by atoms with E-state index >= 15 is 0 Å². The van der Waals surface area contributed by atoms with E-state index < -0.39 is 0 Å². The third kappa shape index (κ3) is 8.82. The van der Waals surface area contributed by atoms with Crippen molar-refractivity contribution in [1.82, 2.24) is 4.90 Å². The van der Waals surface area contributed by atoms with Gasteiger partial charge in [-0.2, -0.15) is 0 Å². The largest absolute Gasteiger partial charge is 0.383 e. The van der Waals surface area contributed by atoms with Crippen molar-refractivity contribution in [2.75, 3.05) is 20.6 Å². The molecule has 2 N–H and O–H groups in total. The molecule has 0 bridgehead atoms. The highest BCUT2D eigenvalue weighted by molar-refractivity contribution is 7.16. The second-order valence-electron chi connectivity index (χ2n) is 5.71. The number of nitrogens with zero attached hydrogens (tertiary/aromatic N) is 3. The number of allylic oxidation sites excluding steroid dienone is 2. The molecule has 2 heterocycles. The van der Waals surface area contributed by atoms with Crippen molar-refractivity contribution in [3.63, 3.8) is 0 Å². The molecule has 0 saturated carbocycles. The van der Waals surface area contributed by atoms with E-state index in [1.165, 1.54) is 23.3 Å². The summed E-state index contributed by atoms with van der Waals surface area (Å²) in [5, 5.41) is 0. The molecule has 3 rings (SSSR count). The number of amidine groups is 1. The SMILES string of the molecule is C=CC=C.CN1CCc2cc(Cl)sc2C1.CN=CN=C(N)c1ccccc1. The minimum Gasteiger partial charge on any atom is -0.383 e. The first-order chi connectivity index (χ1) is 13.0. The topological polar surface area (TPSA) is 54.0 Å². The van der Waals surface area contributed by atoms with Gasteiger partial charge in [0.2, 0.25) is 0 Å². The molecule has 0 radical (unpaired) electrons. The fourth-order valence-electron chi connectivity index (χ4n) is 2.21. The fraction of sp³-hybridized carbons (Fsp3) is 0.238. The molecule has 0 unspecified atom stereocenters. The van der Waals surface area contributed by atoms with Crippen LogP contribution in [0.25, 0.3) is 0 Å². The van der Waals surface area contributed by atoms with Crippen LogP contribution >= 0.6 is 22.9 Å². The van der Waals surface area contributed by atoms with E-state index in [1.807, 2.05) is 30.3 Å². The van der Waals surface area contributed by atoms with Crippen LogP contribution in [0.3, 0.4) is 0 Å². The summed E-state index contributed by atoms with van der Waals surface area (Å²) in [5.74, 6) is 0.487. The molecule has 0 saturated heterocycles. The van der Waals surface area contributed by atoms with Crippen molar-refractivity contribution in [1.29, 1.82) is 0 Å². The number of rotatable bonds is 3. The normalized spacial score (nSPS) is 13.7. The summed E-state index contributed by atoms with van der Waals surface area (Å²) in [6.07, 6.45) is 5.87. The van der Waals surface area contributed by atoms with Crippen molar-refractivity contribution < 1.29 is 0 Å². The third-order valence-corrected chi connectivity index (χ3v) is 4.88. The van der Waals surface area contributed by atoms with Crippen molar-refractivity contribution >= 4 is 35.1 Å². The van der Waals surface area contributed by atoms with Crippen LogP contribution in [0.15, 0.2) is 71.7 Å². The van der Waals surface area contributed by atoms with Crippen LogP contribution in [-0.4, -0.2) is 37.7 Å². The van der Waals surface area contributed by atoms with E-state index in [-0.39, 0.29) is 0 Å². The summed E-state index contributed by atoms with van der Waals surface area (Å²) in [6.45, 7) is 8.97. The molecule has 1 aliphatic rings. The van der Waals surface area contributed by atoms with Gasteiger partial charge in [-0.1, -0.05) is 67.2 Å². The summed E-state index contributed by atoms with van der Waals surface area (Å²) < 4.78 is 0.935. The van der Waals surface area contributed by atoms with Crippen molar-refractivity contribution in [2.45, 2.75) is 13.0 Å². The van der Waals surface area contributed by atoms with Gasteiger partial charge in [-0.15, -0.1) is 11.3 Å². The monoisotopic (exact) mass is 402 g/mol. The van der Waals surface area contributed by atoms with Crippen LogP contribution in [0, 0.1) is 0 Å². The molecule has 0 spiro atoms. The van der Waals surface area contributed by atoms with Gasteiger partial charge in [0.15, 0.2) is 0 Å². The third-order valence-electron chi connectivity index (χ3n) is 3.59. The zero-order valence-electron chi connectivity index (χ0n) is 15.9. The first-order valence-corrected chi connectivity index (χ1v) is 9.69. The average molecular weight is 403 g/mol. The lowest BCUT2D eigenvalue weighted by Gasteiger charge is -2.21. The standard InChI is InChI=1S/C9H11N3.C8H10ClNS.C4H6/c1-11-7-12-9(10)8-5-3-2-4-6-8;1-10-3-2-6-4-8(9)11-7(6)5-10;1-3-4-2/h2-7H,1H3,(H2,10,11,12);4H,2-3,5H2,1H3;3-4H,1-2H2. The van der Waals surface area contributed by atoms with Crippen molar-refractivity contribution in [2.24, 2.45) is 15.7 Å². The number of benzene rings is 1. The summed E-state index contributed by atoms with van der Waals surface area (Å²) in [4.78, 5) is 11.4. The van der Waals surface area contributed by atoms with E-state index in [1.54, 1.807) is 30.5 Å². The maximum absolute atomic E-state index is 5.90. The summed E-state index contributed by atoms with van der Waals surface area (Å²) in [6, 6.07) is 11.7. The average Bonchev–Trinajstić information content (AvgIpc) is 3.06. The van der Waals surface area contributed by atoms with Crippen LogP contribution in [0.4, 0.5) is 0 Å². The predicted molar refractivity (Wildman–Crippen MR) is 121 cm³/mol. The predicted octanol–water partition coefficient (Wildman–Crippen LogP) is 4.80. The van der Waals surface area contributed by atoms with Gasteiger partial charge in [-0.05, 0) is 25.1 Å². The lowest BCUT2D eigenvalue weighted by molar-refractivity contribution is 0.317. The lowest BCUT2D eigenvalue weighted by atomic mass is 10.1. The Morgan fingerprint density at radius 2 is 1.93 bits per heavy atom. The number of aliphatic imine (C=N–C) groups is 2. The molecule has 144 valence electrons. The Hall–Kier alpha value is -2.21. The fourth-order valence-corrected chi connectivity index (χ4v) is 3.64. The Balaban J connectivity index is 0.000000227. The van der Waals surface area contributed by atoms with Gasteiger partial charge in [0, 0.05) is 30.6 Å². The second kappa shape index (κ2) is 13.0. The molecule has 1 aromatic heterocycles. The van der Waals surface area contributed by atoms with Crippen LogP contribution in [0.5, 0.6) is 0 Å². The van der Waals surface area contributed by atoms with Crippen molar-refractivity contribution in [3.05, 3.63) is 82.0 Å². The molecule has 0 amide bonds. The molecule has 0 atom stereocenters. The van der Waals surface area contributed by atoms with Gasteiger partial charge in [-0.25, -0.2) is 4.99 Å². The first kappa shape index (κ1) is 22.8. The Morgan fingerprint density at radius 3 is 2.52 bits per heavy atom. The van der Waals surface area contributed by atoms with E-state index in [4.69, 9.17) is 17.3 Å². The number of thiophene rings is 1. The first-order valence-electron chi connectivity index (χ1n) is 8.50. The Bertz CT molecular complexity index is 760. The molecule has 4 nitrogen and oxygen atoms in total. The van der Waals surface area contributed by atoms with Gasteiger partial charge in [0.1, 0.15) is 12.2 Å². The van der Waals surface area contributed by atoms with Crippen molar-refractivity contribution in [3.8, 4) is 0 Å². The Morgan fingerprint density at radius 1 is 1.26 bits per heavy atom.